The SMILES string of the molecule is CCSC(=O)OC(OC(=O)C(C)C)C(=O)OCC(C)C. The van der Waals surface area contributed by atoms with Gasteiger partial charge in [0.1, 0.15) is 0 Å². The van der Waals surface area contributed by atoms with Crippen LogP contribution in [-0.4, -0.2) is 35.9 Å². The van der Waals surface area contributed by atoms with Crippen LogP contribution in [0.4, 0.5) is 4.79 Å². The molecule has 0 fully saturated rings. The molecule has 0 radical (unpaired) electrons. The van der Waals surface area contributed by atoms with Gasteiger partial charge in [-0.15, -0.1) is 0 Å². The Morgan fingerprint density at radius 2 is 1.60 bits per heavy atom. The van der Waals surface area contributed by atoms with E-state index in [2.05, 4.69) is 0 Å². The summed E-state index contributed by atoms with van der Waals surface area (Å²) in [7, 11) is 0. The molecule has 0 amide bonds. The van der Waals surface area contributed by atoms with Crippen LogP contribution in [0.25, 0.3) is 0 Å². The summed E-state index contributed by atoms with van der Waals surface area (Å²) in [6.07, 6.45) is -1.64. The third-order valence-electron chi connectivity index (χ3n) is 1.91. The van der Waals surface area contributed by atoms with Crippen molar-refractivity contribution in [2.75, 3.05) is 12.4 Å². The van der Waals surface area contributed by atoms with E-state index in [9.17, 15) is 14.4 Å². The molecule has 1 unspecified atom stereocenters. The minimum atomic E-state index is -1.64. The molecule has 0 aromatic carbocycles. The van der Waals surface area contributed by atoms with Crippen LogP contribution in [0.1, 0.15) is 34.6 Å². The number of rotatable bonds is 7. The fourth-order valence-corrected chi connectivity index (χ4v) is 1.31. The molecule has 0 aromatic heterocycles. The highest BCUT2D eigenvalue weighted by molar-refractivity contribution is 8.13. The van der Waals surface area contributed by atoms with Gasteiger partial charge in [-0.3, -0.25) is 4.79 Å². The highest BCUT2D eigenvalue weighted by Crippen LogP contribution is 2.11. The summed E-state index contributed by atoms with van der Waals surface area (Å²) >= 11 is 0.877. The second-order valence-corrected chi connectivity index (χ2v) is 5.95. The number of carbonyl (C=O) groups is 3. The van der Waals surface area contributed by atoms with E-state index in [1.54, 1.807) is 20.8 Å². The van der Waals surface area contributed by atoms with E-state index in [4.69, 9.17) is 14.2 Å². The van der Waals surface area contributed by atoms with Crippen molar-refractivity contribution in [1.82, 2.24) is 0 Å². The Morgan fingerprint density at radius 1 is 1.00 bits per heavy atom. The Morgan fingerprint density at radius 3 is 2.05 bits per heavy atom. The van der Waals surface area contributed by atoms with Gasteiger partial charge in [0.2, 0.25) is 0 Å². The van der Waals surface area contributed by atoms with E-state index in [1.807, 2.05) is 13.8 Å². The normalized spacial score (nSPS) is 12.2. The smallest absolute Gasteiger partial charge is 0.389 e. The van der Waals surface area contributed by atoms with E-state index < -0.39 is 29.4 Å². The first kappa shape index (κ1) is 18.8. The summed E-state index contributed by atoms with van der Waals surface area (Å²) in [6, 6.07) is 0. The summed E-state index contributed by atoms with van der Waals surface area (Å²) in [5, 5.41) is -0.685. The van der Waals surface area contributed by atoms with Gasteiger partial charge in [0.05, 0.1) is 12.5 Å². The lowest BCUT2D eigenvalue weighted by atomic mass is 10.2. The Hall–Kier alpha value is -1.24. The number of ether oxygens (including phenoxy) is 3. The quantitative estimate of drug-likeness (QED) is 0.528. The summed E-state index contributed by atoms with van der Waals surface area (Å²) in [6.45, 7) is 8.87. The average Bonchev–Trinajstić information content (AvgIpc) is 2.35. The predicted octanol–water partition coefficient (Wildman–Crippen LogP) is 2.60. The van der Waals surface area contributed by atoms with Crippen molar-refractivity contribution in [2.45, 2.75) is 40.9 Å². The van der Waals surface area contributed by atoms with Gasteiger partial charge >= 0.3 is 23.5 Å². The molecule has 0 bridgehead atoms. The molecule has 7 heteroatoms. The van der Waals surface area contributed by atoms with Gasteiger partial charge < -0.3 is 14.2 Å². The van der Waals surface area contributed by atoms with Crippen molar-refractivity contribution in [3.8, 4) is 0 Å². The molecule has 6 nitrogen and oxygen atoms in total. The maximum Gasteiger partial charge on any atom is 0.389 e. The van der Waals surface area contributed by atoms with E-state index >= 15 is 0 Å². The van der Waals surface area contributed by atoms with E-state index in [0.29, 0.717) is 5.75 Å². The molecule has 0 heterocycles. The van der Waals surface area contributed by atoms with Gasteiger partial charge in [-0.05, 0) is 17.7 Å². The third-order valence-corrected chi connectivity index (χ3v) is 2.53. The Kier molecular flexibility index (Phi) is 9.03. The lowest BCUT2D eigenvalue weighted by molar-refractivity contribution is -0.192. The van der Waals surface area contributed by atoms with Gasteiger partial charge in [0.15, 0.2) is 0 Å². The second kappa shape index (κ2) is 9.63. The first-order chi connectivity index (χ1) is 9.27. The van der Waals surface area contributed by atoms with Crippen molar-refractivity contribution in [3.05, 3.63) is 0 Å². The minimum Gasteiger partial charge on any atom is -0.460 e. The molecule has 0 saturated heterocycles. The molecule has 0 saturated carbocycles. The fourth-order valence-electron chi connectivity index (χ4n) is 0.918. The largest absolute Gasteiger partial charge is 0.460 e. The maximum atomic E-state index is 11.8. The summed E-state index contributed by atoms with van der Waals surface area (Å²) in [5.74, 6) is -1.33. The van der Waals surface area contributed by atoms with Gasteiger partial charge in [0, 0.05) is 5.75 Å². The zero-order valence-electron chi connectivity index (χ0n) is 12.5. The molecule has 20 heavy (non-hydrogen) atoms. The van der Waals surface area contributed by atoms with Crippen molar-refractivity contribution >= 4 is 29.0 Å². The van der Waals surface area contributed by atoms with Gasteiger partial charge in [-0.2, -0.15) is 0 Å². The van der Waals surface area contributed by atoms with Crippen LogP contribution in [0.5, 0.6) is 0 Å². The van der Waals surface area contributed by atoms with Crippen molar-refractivity contribution < 1.29 is 28.6 Å². The zero-order valence-corrected chi connectivity index (χ0v) is 13.3. The summed E-state index contributed by atoms with van der Waals surface area (Å²) in [4.78, 5) is 34.7. The molecule has 0 rings (SSSR count). The standard InChI is InChI=1S/C13H22O6S/c1-6-20-13(16)19-12(18-10(14)9(4)5)11(15)17-7-8(2)3/h8-9,12H,6-7H2,1-5H3. The molecular formula is C13H22O6S. The van der Waals surface area contributed by atoms with E-state index in [-0.39, 0.29) is 12.5 Å². The van der Waals surface area contributed by atoms with E-state index in [0.717, 1.165) is 11.8 Å². The molecule has 1 atom stereocenters. The maximum absolute atomic E-state index is 11.8. The first-order valence-electron chi connectivity index (χ1n) is 6.48. The molecule has 0 spiro atoms. The van der Waals surface area contributed by atoms with Crippen LogP contribution < -0.4 is 0 Å². The highest BCUT2D eigenvalue weighted by Gasteiger charge is 2.30. The van der Waals surface area contributed by atoms with Crippen LogP contribution in [0.3, 0.4) is 0 Å². The average molecular weight is 306 g/mol. The molecule has 0 aromatic rings. The summed E-state index contributed by atoms with van der Waals surface area (Å²) < 4.78 is 14.6. The van der Waals surface area contributed by atoms with E-state index in [1.165, 1.54) is 0 Å². The number of hydrogen-bond acceptors (Lipinski definition) is 7. The predicted molar refractivity (Wildman–Crippen MR) is 75.1 cm³/mol. The fraction of sp³-hybridized carbons (Fsp3) is 0.769. The zero-order chi connectivity index (χ0) is 15.7. The van der Waals surface area contributed by atoms with Gasteiger partial charge in [0.25, 0.3) is 0 Å². The lowest BCUT2D eigenvalue weighted by Crippen LogP contribution is -2.34. The topological polar surface area (TPSA) is 78.9 Å². The van der Waals surface area contributed by atoms with Crippen LogP contribution in [0.15, 0.2) is 0 Å². The van der Waals surface area contributed by atoms with Crippen molar-refractivity contribution in [3.63, 3.8) is 0 Å². The highest BCUT2D eigenvalue weighted by atomic mass is 32.2. The Balaban J connectivity index is 4.64. The number of esters is 2. The van der Waals surface area contributed by atoms with Gasteiger partial charge in [-0.1, -0.05) is 34.6 Å². The lowest BCUT2D eigenvalue weighted by Gasteiger charge is -2.18. The summed E-state index contributed by atoms with van der Waals surface area (Å²) in [5.41, 5.74) is 0. The molecule has 0 aliphatic heterocycles. The Bertz CT molecular complexity index is 340. The molecule has 0 N–H and O–H groups in total. The molecular weight excluding hydrogens is 284 g/mol. The van der Waals surface area contributed by atoms with Crippen molar-refractivity contribution in [1.29, 1.82) is 0 Å². The molecule has 116 valence electrons. The van der Waals surface area contributed by atoms with Crippen LogP contribution in [0, 0.1) is 11.8 Å². The van der Waals surface area contributed by atoms with Crippen molar-refractivity contribution in [2.24, 2.45) is 11.8 Å². The minimum absolute atomic E-state index is 0.126. The van der Waals surface area contributed by atoms with Crippen LogP contribution in [0.2, 0.25) is 0 Å². The van der Waals surface area contributed by atoms with Gasteiger partial charge in [-0.25, -0.2) is 9.59 Å². The monoisotopic (exact) mass is 306 g/mol. The number of carbonyl (C=O) groups excluding carboxylic acids is 3. The Labute approximate surface area is 123 Å². The third kappa shape index (κ3) is 8.04. The molecule has 0 aliphatic rings. The first-order valence-corrected chi connectivity index (χ1v) is 7.47. The molecule has 0 aliphatic carbocycles. The number of hydrogen-bond donors (Lipinski definition) is 0. The van der Waals surface area contributed by atoms with Crippen LogP contribution >= 0.6 is 11.8 Å². The second-order valence-electron chi connectivity index (χ2n) is 4.75. The number of thioether (sulfide) groups is 1. The van der Waals surface area contributed by atoms with Crippen LogP contribution in [-0.2, 0) is 23.8 Å².